The lowest BCUT2D eigenvalue weighted by molar-refractivity contribution is -0.118. The van der Waals surface area contributed by atoms with Crippen LogP contribution in [-0.4, -0.2) is 10.9 Å². The highest BCUT2D eigenvalue weighted by atomic mass is 16.2. The SMILES string of the molecule is Cc1ccc(N(Cc2ccccc2)C(=O)CCc2c(C)[nH]c(=O)c(C#N)c2C)cc1. The van der Waals surface area contributed by atoms with Crippen LogP contribution >= 0.6 is 0 Å². The molecule has 0 bridgehead atoms. The summed E-state index contributed by atoms with van der Waals surface area (Å²) in [5.41, 5.74) is 4.97. The molecule has 30 heavy (non-hydrogen) atoms. The van der Waals surface area contributed by atoms with Crippen LogP contribution in [0.4, 0.5) is 5.69 Å². The van der Waals surface area contributed by atoms with E-state index < -0.39 is 0 Å². The molecule has 1 heterocycles. The summed E-state index contributed by atoms with van der Waals surface area (Å²) in [6.45, 7) is 6.07. The topological polar surface area (TPSA) is 77.0 Å². The lowest BCUT2D eigenvalue weighted by atomic mass is 9.98. The standard InChI is InChI=1S/C25H25N3O2/c1-17-9-11-21(12-10-17)28(16-20-7-5-4-6-8-20)24(29)14-13-22-18(2)23(15-26)25(30)27-19(22)3/h4-12H,13-14,16H2,1-3H3,(H,27,30). The van der Waals surface area contributed by atoms with E-state index in [2.05, 4.69) is 4.98 Å². The maximum atomic E-state index is 13.2. The number of hydrogen-bond donors (Lipinski definition) is 1. The van der Waals surface area contributed by atoms with Crippen molar-refractivity contribution in [1.82, 2.24) is 4.98 Å². The number of nitrogens with zero attached hydrogens (tertiary/aromatic N) is 2. The van der Waals surface area contributed by atoms with E-state index in [0.29, 0.717) is 24.2 Å². The predicted octanol–water partition coefficient (Wildman–Crippen LogP) is 4.34. The molecule has 5 heteroatoms. The van der Waals surface area contributed by atoms with E-state index in [1.807, 2.05) is 67.6 Å². The number of aryl methyl sites for hydroxylation is 2. The van der Waals surface area contributed by atoms with Gasteiger partial charge in [-0.1, -0.05) is 48.0 Å². The first-order valence-corrected chi connectivity index (χ1v) is 9.94. The molecule has 1 aromatic heterocycles. The molecule has 0 unspecified atom stereocenters. The third-order valence-corrected chi connectivity index (χ3v) is 5.34. The van der Waals surface area contributed by atoms with Gasteiger partial charge < -0.3 is 9.88 Å². The van der Waals surface area contributed by atoms with Crippen LogP contribution in [0.25, 0.3) is 0 Å². The van der Waals surface area contributed by atoms with E-state index in [4.69, 9.17) is 0 Å². The third-order valence-electron chi connectivity index (χ3n) is 5.34. The highest BCUT2D eigenvalue weighted by Crippen LogP contribution is 2.21. The van der Waals surface area contributed by atoms with Gasteiger partial charge in [0.2, 0.25) is 5.91 Å². The summed E-state index contributed by atoms with van der Waals surface area (Å²) in [6, 6.07) is 19.8. The number of amides is 1. The number of carbonyl (C=O) groups is 1. The van der Waals surface area contributed by atoms with Crippen LogP contribution in [0.1, 0.15) is 39.9 Å². The summed E-state index contributed by atoms with van der Waals surface area (Å²) in [5, 5.41) is 9.27. The quantitative estimate of drug-likeness (QED) is 0.670. The Labute approximate surface area is 176 Å². The lowest BCUT2D eigenvalue weighted by Gasteiger charge is -2.24. The van der Waals surface area contributed by atoms with E-state index in [9.17, 15) is 14.9 Å². The fourth-order valence-corrected chi connectivity index (χ4v) is 3.60. The van der Waals surface area contributed by atoms with Gasteiger partial charge in [-0.2, -0.15) is 5.26 Å². The molecule has 0 aliphatic heterocycles. The number of H-pyrrole nitrogens is 1. The summed E-state index contributed by atoms with van der Waals surface area (Å²) < 4.78 is 0. The number of rotatable bonds is 6. The minimum absolute atomic E-state index is 0.00814. The molecule has 0 aliphatic rings. The smallest absolute Gasteiger partial charge is 0.266 e. The number of pyridine rings is 1. The fourth-order valence-electron chi connectivity index (χ4n) is 3.60. The van der Waals surface area contributed by atoms with Crippen LogP contribution < -0.4 is 10.5 Å². The Morgan fingerprint density at radius 2 is 1.70 bits per heavy atom. The number of anilines is 1. The molecule has 0 radical (unpaired) electrons. The van der Waals surface area contributed by atoms with Gasteiger partial charge in [-0.15, -0.1) is 0 Å². The summed E-state index contributed by atoms with van der Waals surface area (Å²) in [5.74, 6) is -0.00814. The molecular formula is C25H25N3O2. The first kappa shape index (κ1) is 21.1. The summed E-state index contributed by atoms with van der Waals surface area (Å²) in [6.07, 6.45) is 0.735. The number of aromatic amines is 1. The van der Waals surface area contributed by atoms with Crippen LogP contribution in [0.5, 0.6) is 0 Å². The van der Waals surface area contributed by atoms with Crippen molar-refractivity contribution >= 4 is 11.6 Å². The number of nitriles is 1. The molecule has 3 rings (SSSR count). The second-order valence-corrected chi connectivity index (χ2v) is 7.47. The van der Waals surface area contributed by atoms with Gasteiger partial charge in [0.1, 0.15) is 11.6 Å². The molecule has 0 atom stereocenters. The zero-order valence-corrected chi connectivity index (χ0v) is 17.5. The van der Waals surface area contributed by atoms with Crippen molar-refractivity contribution in [1.29, 1.82) is 5.26 Å². The van der Waals surface area contributed by atoms with Crippen LogP contribution in [-0.2, 0) is 17.8 Å². The zero-order chi connectivity index (χ0) is 21.7. The highest BCUT2D eigenvalue weighted by molar-refractivity contribution is 5.93. The molecule has 0 saturated heterocycles. The monoisotopic (exact) mass is 399 g/mol. The van der Waals surface area contributed by atoms with Gasteiger partial charge in [-0.3, -0.25) is 9.59 Å². The van der Waals surface area contributed by atoms with Crippen molar-refractivity contribution in [2.24, 2.45) is 0 Å². The van der Waals surface area contributed by atoms with E-state index in [1.54, 1.807) is 18.7 Å². The van der Waals surface area contributed by atoms with Gasteiger partial charge in [0.15, 0.2) is 0 Å². The second kappa shape index (κ2) is 9.23. The van der Waals surface area contributed by atoms with Gasteiger partial charge in [-0.25, -0.2) is 0 Å². The van der Waals surface area contributed by atoms with Gasteiger partial charge in [0.25, 0.3) is 5.56 Å². The average Bonchev–Trinajstić information content (AvgIpc) is 2.73. The highest BCUT2D eigenvalue weighted by Gasteiger charge is 2.19. The second-order valence-electron chi connectivity index (χ2n) is 7.47. The molecule has 2 aromatic carbocycles. The molecule has 1 amide bonds. The molecule has 152 valence electrons. The van der Waals surface area contributed by atoms with Crippen LogP contribution in [0.2, 0.25) is 0 Å². The molecule has 3 aromatic rings. The molecular weight excluding hydrogens is 374 g/mol. The predicted molar refractivity (Wildman–Crippen MR) is 118 cm³/mol. The third kappa shape index (κ3) is 4.66. The molecule has 5 nitrogen and oxygen atoms in total. The Morgan fingerprint density at radius 1 is 1.03 bits per heavy atom. The maximum Gasteiger partial charge on any atom is 0.266 e. The van der Waals surface area contributed by atoms with Crippen molar-refractivity contribution in [2.75, 3.05) is 4.90 Å². The first-order valence-electron chi connectivity index (χ1n) is 9.94. The van der Waals surface area contributed by atoms with Crippen molar-refractivity contribution in [3.05, 3.63) is 98.5 Å². The molecule has 0 aliphatic carbocycles. The molecule has 1 N–H and O–H groups in total. The van der Waals surface area contributed by atoms with E-state index in [0.717, 1.165) is 22.4 Å². The Kier molecular flexibility index (Phi) is 6.48. The Morgan fingerprint density at radius 3 is 2.33 bits per heavy atom. The van der Waals surface area contributed by atoms with Crippen molar-refractivity contribution < 1.29 is 4.79 Å². The minimum atomic E-state index is -0.382. The normalized spacial score (nSPS) is 10.5. The van der Waals surface area contributed by atoms with Gasteiger partial charge in [0.05, 0.1) is 6.54 Å². The average molecular weight is 399 g/mol. The van der Waals surface area contributed by atoms with Gasteiger partial charge in [0, 0.05) is 17.8 Å². The first-order chi connectivity index (χ1) is 14.4. The van der Waals surface area contributed by atoms with E-state index in [-0.39, 0.29) is 23.5 Å². The number of benzene rings is 2. The molecule has 0 saturated carbocycles. The van der Waals surface area contributed by atoms with E-state index in [1.165, 1.54) is 0 Å². The summed E-state index contributed by atoms with van der Waals surface area (Å²) in [7, 11) is 0. The zero-order valence-electron chi connectivity index (χ0n) is 17.5. The Balaban J connectivity index is 1.86. The van der Waals surface area contributed by atoms with Crippen molar-refractivity contribution in [3.63, 3.8) is 0 Å². The molecule has 0 spiro atoms. The Bertz CT molecular complexity index is 1140. The van der Waals surface area contributed by atoms with E-state index >= 15 is 0 Å². The van der Waals surface area contributed by atoms with Crippen LogP contribution in [0.3, 0.4) is 0 Å². The maximum absolute atomic E-state index is 13.2. The van der Waals surface area contributed by atoms with Crippen molar-refractivity contribution in [3.8, 4) is 6.07 Å². The largest absolute Gasteiger partial charge is 0.325 e. The van der Waals surface area contributed by atoms with Crippen molar-refractivity contribution in [2.45, 2.75) is 40.2 Å². The summed E-state index contributed by atoms with van der Waals surface area (Å²) in [4.78, 5) is 29.7. The lowest BCUT2D eigenvalue weighted by Crippen LogP contribution is -2.31. The number of aromatic nitrogens is 1. The number of carbonyl (C=O) groups excluding carboxylic acids is 1. The Hall–Kier alpha value is -3.65. The minimum Gasteiger partial charge on any atom is -0.325 e. The molecule has 0 fully saturated rings. The number of hydrogen-bond acceptors (Lipinski definition) is 3. The summed E-state index contributed by atoms with van der Waals surface area (Å²) >= 11 is 0. The van der Waals surface area contributed by atoms with Gasteiger partial charge >= 0.3 is 0 Å². The number of nitrogens with one attached hydrogen (secondary N) is 1. The van der Waals surface area contributed by atoms with Gasteiger partial charge in [-0.05, 0) is 56.0 Å². The fraction of sp³-hybridized carbons (Fsp3) is 0.240. The van der Waals surface area contributed by atoms with Crippen LogP contribution in [0, 0.1) is 32.1 Å². The van der Waals surface area contributed by atoms with Crippen LogP contribution in [0.15, 0.2) is 59.4 Å².